The van der Waals surface area contributed by atoms with Crippen molar-refractivity contribution >= 4 is 5.69 Å². The number of aromatic nitrogens is 1. The van der Waals surface area contributed by atoms with E-state index < -0.39 is 18.5 Å². The van der Waals surface area contributed by atoms with Crippen LogP contribution < -0.4 is 4.57 Å². The number of nitrogens with zero attached hydrogens (tertiary/aromatic N) is 2. The van der Waals surface area contributed by atoms with Crippen LogP contribution >= 0.6 is 0 Å². The lowest BCUT2D eigenvalue weighted by Gasteiger charge is -2.12. The van der Waals surface area contributed by atoms with Crippen LogP contribution in [0.25, 0.3) is 27.2 Å². The number of halogens is 2. The Morgan fingerprint density at radius 1 is 1.00 bits per heavy atom. The van der Waals surface area contributed by atoms with E-state index in [1.54, 1.807) is 50.4 Å². The van der Waals surface area contributed by atoms with E-state index >= 15 is 0 Å². The van der Waals surface area contributed by atoms with Crippen molar-refractivity contribution < 1.29 is 17.5 Å². The van der Waals surface area contributed by atoms with Gasteiger partial charge in [0.1, 0.15) is 7.05 Å². The molecule has 2 nitrogen and oxygen atoms in total. The summed E-state index contributed by atoms with van der Waals surface area (Å²) >= 11 is 0. The molecule has 0 bridgehead atoms. The molecule has 0 aliphatic heterocycles. The molecule has 0 aliphatic carbocycles. The summed E-state index contributed by atoms with van der Waals surface area (Å²) in [5.74, 6) is -1.94. The molecular weight excluding hydrogens is 318 g/mol. The van der Waals surface area contributed by atoms with Gasteiger partial charge in [-0.25, -0.2) is 9.24 Å². The van der Waals surface area contributed by atoms with E-state index in [1.165, 1.54) is 4.57 Å². The molecule has 25 heavy (non-hydrogen) atoms. The molecule has 3 aromatic rings. The monoisotopic (exact) mass is 338 g/mol. The van der Waals surface area contributed by atoms with Gasteiger partial charge in [0.05, 0.1) is 6.57 Å². The Hall–Kier alpha value is -3.06. The lowest BCUT2D eigenvalue weighted by atomic mass is 9.93. The minimum absolute atomic E-state index is 0.162. The van der Waals surface area contributed by atoms with Crippen molar-refractivity contribution in [2.24, 2.45) is 7.05 Å². The first kappa shape index (κ1) is 13.3. The van der Waals surface area contributed by atoms with Crippen molar-refractivity contribution in [2.75, 3.05) is 0 Å². The fourth-order valence-electron chi connectivity index (χ4n) is 2.80. The molecule has 2 aromatic carbocycles. The van der Waals surface area contributed by atoms with Crippen LogP contribution in [0.2, 0.25) is 0 Å². The van der Waals surface area contributed by atoms with Gasteiger partial charge in [0, 0.05) is 15.7 Å². The third kappa shape index (κ3) is 3.14. The van der Waals surface area contributed by atoms with Crippen LogP contribution in [0.3, 0.4) is 0 Å². The fourth-order valence-corrected chi connectivity index (χ4v) is 2.80. The standard InChI is InChI=1S/C21H17F2N2/c1-13-9-14(2)18(21-11-19(22)20(23)12-25(21)4)10-17(13)15-5-7-16(24-3)8-6-15/h5-12H,1-2,4H3/q+1/i1D3. The molecule has 0 aliphatic rings. The molecule has 3 rings (SSSR count). The highest BCUT2D eigenvalue weighted by Gasteiger charge is 2.19. The van der Waals surface area contributed by atoms with Crippen molar-refractivity contribution in [1.82, 2.24) is 0 Å². The summed E-state index contributed by atoms with van der Waals surface area (Å²) in [4.78, 5) is 3.34. The summed E-state index contributed by atoms with van der Waals surface area (Å²) < 4.78 is 52.5. The second kappa shape index (κ2) is 6.45. The Morgan fingerprint density at radius 2 is 1.72 bits per heavy atom. The second-order valence-electron chi connectivity index (χ2n) is 5.84. The van der Waals surface area contributed by atoms with Gasteiger partial charge in [0.2, 0.25) is 17.7 Å². The second-order valence-corrected chi connectivity index (χ2v) is 5.84. The molecule has 0 saturated carbocycles. The molecule has 0 atom stereocenters. The average Bonchev–Trinajstić information content (AvgIpc) is 2.64. The number of benzene rings is 2. The highest BCUT2D eigenvalue weighted by Crippen LogP contribution is 2.32. The summed E-state index contributed by atoms with van der Waals surface area (Å²) in [6.45, 7) is 6.44. The topological polar surface area (TPSA) is 8.24 Å². The minimum Gasteiger partial charge on any atom is -0.238 e. The zero-order valence-electron chi connectivity index (χ0n) is 16.8. The minimum atomic E-state index is -2.35. The molecule has 0 radical (unpaired) electrons. The number of pyridine rings is 1. The van der Waals surface area contributed by atoms with Crippen LogP contribution in [0.1, 0.15) is 15.2 Å². The van der Waals surface area contributed by atoms with Crippen LogP contribution in [-0.4, -0.2) is 0 Å². The summed E-state index contributed by atoms with van der Waals surface area (Å²) in [6, 6.07) is 10.9. The largest absolute Gasteiger partial charge is 0.238 e. The highest BCUT2D eigenvalue weighted by molar-refractivity contribution is 5.76. The summed E-state index contributed by atoms with van der Waals surface area (Å²) in [6.07, 6.45) is 1.05. The predicted molar refractivity (Wildman–Crippen MR) is 94.1 cm³/mol. The van der Waals surface area contributed by atoms with E-state index in [2.05, 4.69) is 4.85 Å². The maximum absolute atomic E-state index is 13.8. The Bertz CT molecular complexity index is 1100. The van der Waals surface area contributed by atoms with Gasteiger partial charge in [-0.2, -0.15) is 8.96 Å². The van der Waals surface area contributed by atoms with Gasteiger partial charge in [-0.15, -0.1) is 0 Å². The van der Waals surface area contributed by atoms with Crippen molar-refractivity contribution in [1.29, 1.82) is 0 Å². The predicted octanol–water partition coefficient (Wildman–Crippen LogP) is 5.29. The molecular formula is C21H17F2N2+. The van der Waals surface area contributed by atoms with Crippen LogP contribution in [0.15, 0.2) is 48.7 Å². The normalized spacial score (nSPS) is 12.8. The van der Waals surface area contributed by atoms with Crippen molar-refractivity contribution in [3.8, 4) is 22.4 Å². The lowest BCUT2D eigenvalue weighted by Crippen LogP contribution is -2.32. The van der Waals surface area contributed by atoms with Gasteiger partial charge in [-0.3, -0.25) is 0 Å². The highest BCUT2D eigenvalue weighted by atomic mass is 19.2. The molecule has 1 aromatic heterocycles. The number of hydrogen-bond acceptors (Lipinski definition) is 0. The first-order valence-electron chi connectivity index (χ1n) is 9.10. The summed E-state index contributed by atoms with van der Waals surface area (Å²) in [7, 11) is 1.60. The summed E-state index contributed by atoms with van der Waals surface area (Å²) in [5.41, 5.74) is 3.35. The molecule has 0 spiro atoms. The molecule has 0 N–H and O–H groups in total. The molecule has 0 fully saturated rings. The Kier molecular flexibility index (Phi) is 3.42. The first-order chi connectivity index (χ1) is 13.1. The smallest absolute Gasteiger partial charge is 0.222 e. The van der Waals surface area contributed by atoms with Gasteiger partial charge < -0.3 is 0 Å². The van der Waals surface area contributed by atoms with Crippen LogP contribution in [0.4, 0.5) is 14.5 Å². The van der Waals surface area contributed by atoms with Gasteiger partial charge in [-0.05, 0) is 42.1 Å². The lowest BCUT2D eigenvalue weighted by molar-refractivity contribution is -0.662. The fraction of sp³-hybridized carbons (Fsp3) is 0.143. The van der Waals surface area contributed by atoms with E-state index in [4.69, 9.17) is 10.7 Å². The van der Waals surface area contributed by atoms with E-state index in [0.29, 0.717) is 33.6 Å². The van der Waals surface area contributed by atoms with Gasteiger partial charge >= 0.3 is 0 Å². The van der Waals surface area contributed by atoms with Crippen molar-refractivity contribution in [2.45, 2.75) is 13.8 Å². The number of hydrogen-bond donors (Lipinski definition) is 0. The Balaban J connectivity index is 2.30. The third-order valence-electron chi connectivity index (χ3n) is 4.13. The molecule has 4 heteroatoms. The van der Waals surface area contributed by atoms with Gasteiger partial charge in [-0.1, -0.05) is 30.3 Å². The van der Waals surface area contributed by atoms with Crippen LogP contribution in [0.5, 0.6) is 0 Å². The maximum atomic E-state index is 13.8. The Labute approximate surface area is 150 Å². The van der Waals surface area contributed by atoms with Crippen LogP contribution in [0, 0.1) is 32.0 Å². The quantitative estimate of drug-likeness (QED) is 0.443. The van der Waals surface area contributed by atoms with Crippen molar-refractivity contribution in [3.05, 3.63) is 82.8 Å². The van der Waals surface area contributed by atoms with E-state index in [0.717, 1.165) is 12.3 Å². The third-order valence-corrected chi connectivity index (χ3v) is 4.13. The molecule has 0 unspecified atom stereocenters. The summed E-state index contributed by atoms with van der Waals surface area (Å²) in [5, 5.41) is 0. The molecule has 124 valence electrons. The van der Waals surface area contributed by atoms with Crippen LogP contribution in [-0.2, 0) is 7.05 Å². The SMILES string of the molecule is [2H]C([2H])([2H])c1cc(C)c(-c2cc(F)c(F)c[n+]2C)cc1-c1ccc([N+]#[C-])cc1. The Morgan fingerprint density at radius 3 is 2.36 bits per heavy atom. The maximum Gasteiger partial charge on any atom is 0.222 e. The molecule has 0 amide bonds. The first-order valence-corrected chi connectivity index (χ1v) is 7.60. The molecule has 1 heterocycles. The zero-order chi connectivity index (χ0) is 20.6. The van der Waals surface area contributed by atoms with E-state index in [-0.39, 0.29) is 5.56 Å². The van der Waals surface area contributed by atoms with E-state index in [1.807, 2.05) is 0 Å². The van der Waals surface area contributed by atoms with Crippen molar-refractivity contribution in [3.63, 3.8) is 0 Å². The zero-order valence-corrected chi connectivity index (χ0v) is 13.8. The van der Waals surface area contributed by atoms with Gasteiger partial charge in [0.15, 0.2) is 11.5 Å². The van der Waals surface area contributed by atoms with E-state index in [9.17, 15) is 8.78 Å². The van der Waals surface area contributed by atoms with Gasteiger partial charge in [0.25, 0.3) is 0 Å². The number of rotatable bonds is 2. The molecule has 0 saturated heterocycles. The average molecular weight is 338 g/mol. The number of aryl methyl sites for hydroxylation is 3.